The zero-order valence-corrected chi connectivity index (χ0v) is 30.1. The summed E-state index contributed by atoms with van der Waals surface area (Å²) in [6.45, 7) is 3.68. The Kier molecular flexibility index (Phi) is 11.7. The van der Waals surface area contributed by atoms with Crippen LogP contribution in [0.5, 0.6) is 0 Å². The van der Waals surface area contributed by atoms with Crippen molar-refractivity contribution in [3.05, 3.63) is 120 Å². The standard InChI is InChI=1S/C40H46N14/c41-31-15-11-28(12-16-31)19-23-43-35-48-37(51-38(49-35)46-33-7-3-1-4-8-33)45-27-30-21-25-54(26-22-30)40-52-36(44-24-20-29-13-17-32(42)18-14-29)50-39(53-40)47-34-9-5-2-6-10-34/h1-18,30H,19-27,41-42H2,(H2,44,47,50,52,53)(H3,43,45,46,48,49,51). The van der Waals surface area contributed by atoms with Crippen LogP contribution in [-0.4, -0.2) is 62.6 Å². The van der Waals surface area contributed by atoms with Crippen LogP contribution in [0.2, 0.25) is 0 Å². The maximum atomic E-state index is 5.86. The van der Waals surface area contributed by atoms with Gasteiger partial charge < -0.3 is 43.0 Å². The molecule has 6 aromatic rings. The number of benzene rings is 4. The molecule has 54 heavy (non-hydrogen) atoms. The first-order valence-electron chi connectivity index (χ1n) is 18.3. The Balaban J connectivity index is 0.978. The van der Waals surface area contributed by atoms with Crippen LogP contribution in [-0.2, 0) is 12.8 Å². The SMILES string of the molecule is Nc1ccc(CCNc2nc(NCC3CCN(c4nc(NCCc5ccc(N)cc5)nc(Nc5ccccc5)n4)CC3)nc(Nc3ccccc3)n2)cc1. The predicted molar refractivity (Wildman–Crippen MR) is 219 cm³/mol. The number of nitrogens with one attached hydrogen (secondary N) is 5. The van der Waals surface area contributed by atoms with E-state index in [9.17, 15) is 0 Å². The van der Waals surface area contributed by atoms with Crippen LogP contribution in [0, 0.1) is 5.92 Å². The van der Waals surface area contributed by atoms with E-state index < -0.39 is 0 Å². The molecular weight excluding hydrogens is 677 g/mol. The van der Waals surface area contributed by atoms with Gasteiger partial charge in [0, 0.05) is 55.5 Å². The van der Waals surface area contributed by atoms with Gasteiger partial charge in [-0.2, -0.15) is 29.9 Å². The summed E-state index contributed by atoms with van der Waals surface area (Å²) in [5.41, 5.74) is 17.4. The Bertz CT molecular complexity index is 2050. The van der Waals surface area contributed by atoms with Crippen molar-refractivity contribution in [1.82, 2.24) is 29.9 Å². The molecule has 1 aliphatic heterocycles. The maximum Gasteiger partial charge on any atom is 0.233 e. The number of anilines is 10. The molecule has 0 saturated carbocycles. The molecule has 2 aromatic heterocycles. The average molecular weight is 723 g/mol. The largest absolute Gasteiger partial charge is 0.399 e. The lowest BCUT2D eigenvalue weighted by molar-refractivity contribution is 0.419. The van der Waals surface area contributed by atoms with Gasteiger partial charge in [0.25, 0.3) is 0 Å². The summed E-state index contributed by atoms with van der Waals surface area (Å²) in [6, 6.07) is 35.6. The summed E-state index contributed by atoms with van der Waals surface area (Å²) in [6.07, 6.45) is 3.52. The molecular formula is C40H46N14. The molecule has 1 fully saturated rings. The lowest BCUT2D eigenvalue weighted by atomic mass is 9.97. The minimum atomic E-state index is 0.409. The van der Waals surface area contributed by atoms with Gasteiger partial charge in [-0.05, 0) is 91.3 Å². The lowest BCUT2D eigenvalue weighted by Crippen LogP contribution is -2.37. The number of aromatic nitrogens is 6. The highest BCUT2D eigenvalue weighted by atomic mass is 15.3. The minimum Gasteiger partial charge on any atom is -0.399 e. The van der Waals surface area contributed by atoms with Gasteiger partial charge in [0.2, 0.25) is 35.7 Å². The van der Waals surface area contributed by atoms with Crippen molar-refractivity contribution in [2.24, 2.45) is 5.92 Å². The van der Waals surface area contributed by atoms with Crippen LogP contribution in [0.25, 0.3) is 0 Å². The maximum absolute atomic E-state index is 5.86. The third kappa shape index (κ3) is 10.4. The van der Waals surface area contributed by atoms with Crippen molar-refractivity contribution in [3.63, 3.8) is 0 Å². The third-order valence-corrected chi connectivity index (χ3v) is 9.12. The molecule has 0 aliphatic carbocycles. The van der Waals surface area contributed by atoms with Gasteiger partial charge >= 0.3 is 0 Å². The van der Waals surface area contributed by atoms with Crippen LogP contribution >= 0.6 is 0 Å². The summed E-state index contributed by atoms with van der Waals surface area (Å²) in [5, 5.41) is 16.9. The summed E-state index contributed by atoms with van der Waals surface area (Å²) in [7, 11) is 0. The van der Waals surface area contributed by atoms with Crippen LogP contribution < -0.4 is 43.0 Å². The molecule has 1 saturated heterocycles. The summed E-state index contributed by atoms with van der Waals surface area (Å²) >= 11 is 0. The molecule has 0 unspecified atom stereocenters. The second-order valence-corrected chi connectivity index (χ2v) is 13.2. The highest BCUT2D eigenvalue weighted by Gasteiger charge is 2.23. The van der Waals surface area contributed by atoms with Gasteiger partial charge in [-0.1, -0.05) is 60.7 Å². The zero-order valence-electron chi connectivity index (χ0n) is 30.1. The molecule has 0 radical (unpaired) electrons. The Morgan fingerprint density at radius 2 is 0.926 bits per heavy atom. The number of nitrogens with zero attached hydrogens (tertiary/aromatic N) is 7. The number of hydrogen-bond donors (Lipinski definition) is 7. The molecule has 14 nitrogen and oxygen atoms in total. The minimum absolute atomic E-state index is 0.409. The fourth-order valence-corrected chi connectivity index (χ4v) is 6.11. The lowest BCUT2D eigenvalue weighted by Gasteiger charge is -2.32. The number of rotatable bonds is 16. The molecule has 9 N–H and O–H groups in total. The number of piperidine rings is 1. The first kappa shape index (κ1) is 35.7. The highest BCUT2D eigenvalue weighted by molar-refractivity contribution is 5.57. The molecule has 0 atom stereocenters. The van der Waals surface area contributed by atoms with Crippen molar-refractivity contribution in [2.75, 3.05) is 75.7 Å². The molecule has 7 rings (SSSR count). The first-order chi connectivity index (χ1) is 26.5. The quantitative estimate of drug-likeness (QED) is 0.0547. The monoisotopic (exact) mass is 722 g/mol. The smallest absolute Gasteiger partial charge is 0.233 e. The van der Waals surface area contributed by atoms with Crippen molar-refractivity contribution in [3.8, 4) is 0 Å². The third-order valence-electron chi connectivity index (χ3n) is 9.12. The average Bonchev–Trinajstić information content (AvgIpc) is 3.19. The van der Waals surface area contributed by atoms with Crippen molar-refractivity contribution in [1.29, 1.82) is 0 Å². The van der Waals surface area contributed by atoms with E-state index >= 15 is 0 Å². The van der Waals surface area contributed by atoms with E-state index in [0.717, 1.165) is 68.1 Å². The fraction of sp³-hybridized carbons (Fsp3) is 0.250. The number of para-hydroxylation sites is 2. The Morgan fingerprint density at radius 3 is 1.44 bits per heavy atom. The van der Waals surface area contributed by atoms with Gasteiger partial charge in [-0.15, -0.1) is 0 Å². The van der Waals surface area contributed by atoms with Gasteiger partial charge in [0.1, 0.15) is 0 Å². The van der Waals surface area contributed by atoms with Gasteiger partial charge in [-0.3, -0.25) is 0 Å². The summed E-state index contributed by atoms with van der Waals surface area (Å²) in [5.74, 6) is 3.58. The van der Waals surface area contributed by atoms with E-state index in [0.29, 0.717) is 54.7 Å². The number of nitrogen functional groups attached to an aromatic ring is 2. The van der Waals surface area contributed by atoms with Crippen molar-refractivity contribution in [2.45, 2.75) is 25.7 Å². The summed E-state index contributed by atoms with van der Waals surface area (Å²) in [4.78, 5) is 30.6. The number of hydrogen-bond acceptors (Lipinski definition) is 14. The number of nitrogens with two attached hydrogens (primary N) is 2. The molecule has 1 aliphatic rings. The van der Waals surface area contributed by atoms with Crippen molar-refractivity contribution < 1.29 is 0 Å². The predicted octanol–water partition coefficient (Wildman–Crippen LogP) is 6.35. The highest BCUT2D eigenvalue weighted by Crippen LogP contribution is 2.24. The Hall–Kier alpha value is -6.70. The van der Waals surface area contributed by atoms with E-state index in [1.165, 1.54) is 11.1 Å². The van der Waals surface area contributed by atoms with E-state index in [1.54, 1.807) is 0 Å². The normalized spacial score (nSPS) is 12.9. The van der Waals surface area contributed by atoms with Gasteiger partial charge in [0.15, 0.2) is 0 Å². The molecule has 0 bridgehead atoms. The van der Waals surface area contributed by atoms with E-state index in [4.69, 9.17) is 31.4 Å². The first-order valence-corrected chi connectivity index (χ1v) is 18.3. The van der Waals surface area contributed by atoms with E-state index in [1.807, 2.05) is 109 Å². The molecule has 0 spiro atoms. The topological polar surface area (TPSA) is 193 Å². The fourth-order valence-electron chi connectivity index (χ4n) is 6.11. The van der Waals surface area contributed by atoms with Gasteiger partial charge in [-0.25, -0.2) is 0 Å². The van der Waals surface area contributed by atoms with E-state index in [2.05, 4.69) is 41.5 Å². The van der Waals surface area contributed by atoms with Crippen LogP contribution in [0.1, 0.15) is 24.0 Å². The van der Waals surface area contributed by atoms with Crippen molar-refractivity contribution >= 4 is 58.4 Å². The Morgan fingerprint density at radius 1 is 0.500 bits per heavy atom. The molecule has 276 valence electrons. The Labute approximate surface area is 315 Å². The molecule has 14 heteroatoms. The zero-order chi connectivity index (χ0) is 37.0. The second kappa shape index (κ2) is 17.7. The molecule has 0 amide bonds. The van der Waals surface area contributed by atoms with Crippen LogP contribution in [0.3, 0.4) is 0 Å². The van der Waals surface area contributed by atoms with Crippen LogP contribution in [0.15, 0.2) is 109 Å². The second-order valence-electron chi connectivity index (χ2n) is 13.2. The van der Waals surface area contributed by atoms with Gasteiger partial charge in [0.05, 0.1) is 0 Å². The molecule has 4 aromatic carbocycles. The van der Waals surface area contributed by atoms with Crippen LogP contribution in [0.4, 0.5) is 58.4 Å². The summed E-state index contributed by atoms with van der Waals surface area (Å²) < 4.78 is 0. The molecule has 3 heterocycles. The van der Waals surface area contributed by atoms with E-state index in [-0.39, 0.29) is 0 Å².